The zero-order valence-corrected chi connectivity index (χ0v) is 13.3. The van der Waals surface area contributed by atoms with Gasteiger partial charge >= 0.3 is 0 Å². The first-order valence-electron chi connectivity index (χ1n) is 6.15. The van der Waals surface area contributed by atoms with Crippen molar-refractivity contribution in [1.82, 2.24) is 10.3 Å². The molecule has 2 aromatic rings. The molecule has 2 heterocycles. The number of aromatic nitrogens is 1. The van der Waals surface area contributed by atoms with Crippen LogP contribution in [-0.2, 0) is 6.42 Å². The molecule has 0 amide bonds. The Kier molecular flexibility index (Phi) is 5.07. The van der Waals surface area contributed by atoms with Crippen LogP contribution in [0.2, 0.25) is 0 Å². The molecule has 0 aliphatic carbocycles. The summed E-state index contributed by atoms with van der Waals surface area (Å²) in [4.78, 5) is 5.46. The fourth-order valence-corrected chi connectivity index (χ4v) is 3.40. The van der Waals surface area contributed by atoms with Crippen LogP contribution in [0.4, 0.5) is 4.39 Å². The molecule has 2 nitrogen and oxygen atoms in total. The molecule has 19 heavy (non-hydrogen) atoms. The lowest BCUT2D eigenvalue weighted by molar-refractivity contribution is 0.466. The predicted molar refractivity (Wildman–Crippen MR) is 80.9 cm³/mol. The standard InChI is InChI=1S/C14H16BrFN2S/c1-9(2)18-14(6-12-5-10(15)8-19-12)13-4-3-11(16)7-17-13/h3-5,7-9,14,18H,6H2,1-2H3. The fraction of sp³-hybridized carbons (Fsp3) is 0.357. The largest absolute Gasteiger partial charge is 0.306 e. The Labute approximate surface area is 125 Å². The topological polar surface area (TPSA) is 24.9 Å². The third kappa shape index (κ3) is 4.37. The van der Waals surface area contributed by atoms with E-state index in [1.54, 1.807) is 17.4 Å². The monoisotopic (exact) mass is 342 g/mol. The number of halogens is 2. The van der Waals surface area contributed by atoms with Crippen molar-refractivity contribution in [3.63, 3.8) is 0 Å². The fourth-order valence-electron chi connectivity index (χ4n) is 1.91. The predicted octanol–water partition coefficient (Wildman–Crippen LogP) is 4.33. The highest BCUT2D eigenvalue weighted by Crippen LogP contribution is 2.25. The molecule has 0 bridgehead atoms. The van der Waals surface area contributed by atoms with Crippen LogP contribution in [0.3, 0.4) is 0 Å². The van der Waals surface area contributed by atoms with Crippen LogP contribution < -0.4 is 5.32 Å². The Morgan fingerprint density at radius 1 is 1.42 bits per heavy atom. The maximum atomic E-state index is 13.0. The van der Waals surface area contributed by atoms with Gasteiger partial charge in [0.15, 0.2) is 0 Å². The van der Waals surface area contributed by atoms with Gasteiger partial charge in [0.05, 0.1) is 17.9 Å². The van der Waals surface area contributed by atoms with Gasteiger partial charge in [0, 0.05) is 27.2 Å². The molecule has 0 spiro atoms. The van der Waals surface area contributed by atoms with E-state index in [1.807, 2.05) is 0 Å². The zero-order chi connectivity index (χ0) is 13.8. The maximum absolute atomic E-state index is 13.0. The smallest absolute Gasteiger partial charge is 0.141 e. The van der Waals surface area contributed by atoms with Crippen LogP contribution in [-0.4, -0.2) is 11.0 Å². The number of rotatable bonds is 5. The van der Waals surface area contributed by atoms with E-state index in [9.17, 15) is 4.39 Å². The second-order valence-corrected chi connectivity index (χ2v) is 6.62. The van der Waals surface area contributed by atoms with Crippen LogP contribution in [0.5, 0.6) is 0 Å². The molecule has 5 heteroatoms. The maximum Gasteiger partial charge on any atom is 0.141 e. The number of hydrogen-bond acceptors (Lipinski definition) is 3. The molecule has 1 N–H and O–H groups in total. The second-order valence-electron chi connectivity index (χ2n) is 4.71. The minimum atomic E-state index is -0.300. The van der Waals surface area contributed by atoms with Gasteiger partial charge in [-0.15, -0.1) is 11.3 Å². The van der Waals surface area contributed by atoms with E-state index in [-0.39, 0.29) is 11.9 Å². The van der Waals surface area contributed by atoms with E-state index in [1.165, 1.54) is 17.1 Å². The van der Waals surface area contributed by atoms with E-state index >= 15 is 0 Å². The molecular formula is C14H16BrFN2S. The highest BCUT2D eigenvalue weighted by molar-refractivity contribution is 9.10. The summed E-state index contributed by atoms with van der Waals surface area (Å²) in [5.74, 6) is -0.300. The van der Waals surface area contributed by atoms with Crippen molar-refractivity contribution in [3.8, 4) is 0 Å². The molecule has 0 aliphatic rings. The Morgan fingerprint density at radius 3 is 2.74 bits per heavy atom. The quantitative estimate of drug-likeness (QED) is 0.874. The third-order valence-corrected chi connectivity index (χ3v) is 4.39. The average Bonchev–Trinajstić information content (AvgIpc) is 2.74. The lowest BCUT2D eigenvalue weighted by atomic mass is 10.1. The Balaban J connectivity index is 2.17. The summed E-state index contributed by atoms with van der Waals surface area (Å²) in [6, 6.07) is 5.77. The van der Waals surface area contributed by atoms with E-state index in [2.05, 4.69) is 51.5 Å². The van der Waals surface area contributed by atoms with Crippen molar-refractivity contribution >= 4 is 27.3 Å². The lowest BCUT2D eigenvalue weighted by Gasteiger charge is -2.20. The minimum absolute atomic E-state index is 0.103. The van der Waals surface area contributed by atoms with E-state index in [0.29, 0.717) is 6.04 Å². The van der Waals surface area contributed by atoms with E-state index < -0.39 is 0 Å². The molecule has 0 fully saturated rings. The van der Waals surface area contributed by atoms with Crippen molar-refractivity contribution in [2.75, 3.05) is 0 Å². The van der Waals surface area contributed by atoms with Gasteiger partial charge in [-0.1, -0.05) is 13.8 Å². The van der Waals surface area contributed by atoms with Gasteiger partial charge in [0.1, 0.15) is 5.82 Å². The number of thiophene rings is 1. The number of hydrogen-bond donors (Lipinski definition) is 1. The van der Waals surface area contributed by atoms with Gasteiger partial charge in [0.25, 0.3) is 0 Å². The first kappa shape index (κ1) is 14.6. The molecule has 2 aromatic heterocycles. The number of pyridine rings is 1. The zero-order valence-electron chi connectivity index (χ0n) is 10.9. The minimum Gasteiger partial charge on any atom is -0.306 e. The first-order valence-corrected chi connectivity index (χ1v) is 7.82. The van der Waals surface area contributed by atoms with Gasteiger partial charge < -0.3 is 5.32 Å². The Morgan fingerprint density at radius 2 is 2.21 bits per heavy atom. The number of nitrogens with one attached hydrogen (secondary N) is 1. The molecule has 1 unspecified atom stereocenters. The van der Waals surface area contributed by atoms with Crippen molar-refractivity contribution in [3.05, 3.63) is 50.6 Å². The SMILES string of the molecule is CC(C)NC(Cc1cc(Br)cs1)c1ccc(F)cn1. The van der Waals surface area contributed by atoms with Crippen LogP contribution in [0, 0.1) is 5.82 Å². The van der Waals surface area contributed by atoms with Crippen molar-refractivity contribution in [2.24, 2.45) is 0 Å². The normalized spacial score (nSPS) is 12.9. The van der Waals surface area contributed by atoms with Gasteiger partial charge in [-0.2, -0.15) is 0 Å². The highest BCUT2D eigenvalue weighted by atomic mass is 79.9. The summed E-state index contributed by atoms with van der Waals surface area (Å²) in [5, 5.41) is 5.55. The Bertz CT molecular complexity index is 524. The van der Waals surface area contributed by atoms with Gasteiger partial charge in [0.2, 0.25) is 0 Å². The first-order chi connectivity index (χ1) is 9.04. The molecular weight excluding hydrogens is 327 g/mol. The highest BCUT2D eigenvalue weighted by Gasteiger charge is 2.15. The van der Waals surface area contributed by atoms with Gasteiger partial charge in [-0.3, -0.25) is 4.98 Å². The van der Waals surface area contributed by atoms with Gasteiger partial charge in [-0.05, 0) is 34.1 Å². The molecule has 0 radical (unpaired) electrons. The van der Waals surface area contributed by atoms with E-state index in [0.717, 1.165) is 16.6 Å². The molecule has 1 atom stereocenters. The summed E-state index contributed by atoms with van der Waals surface area (Å²) in [5.41, 5.74) is 0.875. The molecule has 0 saturated heterocycles. The van der Waals surface area contributed by atoms with E-state index in [4.69, 9.17) is 0 Å². The molecule has 0 aromatic carbocycles. The molecule has 0 aliphatic heterocycles. The van der Waals surface area contributed by atoms with Crippen molar-refractivity contribution in [2.45, 2.75) is 32.4 Å². The summed E-state index contributed by atoms with van der Waals surface area (Å²) in [7, 11) is 0. The summed E-state index contributed by atoms with van der Waals surface area (Å²) < 4.78 is 14.1. The van der Waals surface area contributed by atoms with Crippen LogP contribution in [0.1, 0.15) is 30.5 Å². The third-order valence-electron chi connectivity index (χ3n) is 2.67. The van der Waals surface area contributed by atoms with Crippen molar-refractivity contribution < 1.29 is 4.39 Å². The lowest BCUT2D eigenvalue weighted by Crippen LogP contribution is -2.30. The summed E-state index contributed by atoms with van der Waals surface area (Å²) in [6.07, 6.45) is 2.13. The van der Waals surface area contributed by atoms with Crippen molar-refractivity contribution in [1.29, 1.82) is 0 Å². The van der Waals surface area contributed by atoms with Crippen LogP contribution in [0.15, 0.2) is 34.2 Å². The molecule has 0 saturated carbocycles. The summed E-state index contributed by atoms with van der Waals surface area (Å²) in [6.45, 7) is 4.20. The molecule has 102 valence electrons. The van der Waals surface area contributed by atoms with Crippen LogP contribution >= 0.6 is 27.3 Å². The van der Waals surface area contributed by atoms with Gasteiger partial charge in [-0.25, -0.2) is 4.39 Å². The molecule has 2 rings (SSSR count). The van der Waals surface area contributed by atoms with Crippen LogP contribution in [0.25, 0.3) is 0 Å². The summed E-state index contributed by atoms with van der Waals surface area (Å²) >= 11 is 5.18. The second kappa shape index (κ2) is 6.59. The number of nitrogens with zero attached hydrogens (tertiary/aromatic N) is 1. The Hall–Kier alpha value is -0.780. The average molecular weight is 343 g/mol.